The molecule has 0 fully saturated rings. The summed E-state index contributed by atoms with van der Waals surface area (Å²) in [6.45, 7) is 1.87. The third-order valence-corrected chi connectivity index (χ3v) is 4.36. The van der Waals surface area contributed by atoms with Crippen molar-refractivity contribution in [3.05, 3.63) is 40.4 Å². The molecule has 0 spiro atoms. The molecule has 1 atom stereocenters. The molecule has 1 unspecified atom stereocenters. The molecule has 0 amide bonds. The van der Waals surface area contributed by atoms with Gasteiger partial charge in [-0.2, -0.15) is 0 Å². The van der Waals surface area contributed by atoms with Crippen LogP contribution in [0.25, 0.3) is 0 Å². The lowest BCUT2D eigenvalue weighted by atomic mass is 10.1. The second-order valence-corrected chi connectivity index (χ2v) is 6.13. The quantitative estimate of drug-likeness (QED) is 0.878. The summed E-state index contributed by atoms with van der Waals surface area (Å²) in [6, 6.07) is 3.35. The predicted octanol–water partition coefficient (Wildman–Crippen LogP) is 2.92. The van der Waals surface area contributed by atoms with E-state index >= 15 is 0 Å². The number of halogens is 2. The Kier molecular flexibility index (Phi) is 4.26. The van der Waals surface area contributed by atoms with Gasteiger partial charge in [-0.1, -0.05) is 29.2 Å². The number of rotatable bonds is 4. The molecular formula is C11H11F2N3S2. The van der Waals surface area contributed by atoms with Crippen molar-refractivity contribution in [2.75, 3.05) is 5.75 Å². The maximum absolute atomic E-state index is 13.0. The minimum Gasteiger partial charge on any atom is -0.323 e. The van der Waals surface area contributed by atoms with Crippen molar-refractivity contribution in [1.29, 1.82) is 0 Å². The molecule has 2 rings (SSSR count). The first-order chi connectivity index (χ1) is 8.56. The summed E-state index contributed by atoms with van der Waals surface area (Å²) in [6.07, 6.45) is 0. The zero-order valence-electron chi connectivity index (χ0n) is 9.56. The Hall–Kier alpha value is -1.05. The van der Waals surface area contributed by atoms with Crippen molar-refractivity contribution in [3.8, 4) is 0 Å². The molecule has 0 saturated heterocycles. The smallest absolute Gasteiger partial charge is 0.174 e. The fourth-order valence-electron chi connectivity index (χ4n) is 1.34. The average Bonchev–Trinajstić information content (AvgIpc) is 2.75. The van der Waals surface area contributed by atoms with E-state index in [1.54, 1.807) is 0 Å². The van der Waals surface area contributed by atoms with Gasteiger partial charge < -0.3 is 5.73 Å². The largest absolute Gasteiger partial charge is 0.323 e. The van der Waals surface area contributed by atoms with Gasteiger partial charge in [0.25, 0.3) is 0 Å². The Morgan fingerprint density at radius 1 is 1.33 bits per heavy atom. The van der Waals surface area contributed by atoms with Gasteiger partial charge in [-0.15, -0.1) is 10.2 Å². The molecule has 96 valence electrons. The lowest BCUT2D eigenvalue weighted by Gasteiger charge is -2.10. The highest BCUT2D eigenvalue weighted by Gasteiger charge is 2.11. The van der Waals surface area contributed by atoms with E-state index in [-0.39, 0.29) is 6.04 Å². The Balaban J connectivity index is 1.99. The highest BCUT2D eigenvalue weighted by Crippen LogP contribution is 2.26. The van der Waals surface area contributed by atoms with Gasteiger partial charge in [0.2, 0.25) is 0 Å². The molecule has 2 aromatic rings. The number of nitrogens with two attached hydrogens (primary N) is 1. The average molecular weight is 287 g/mol. The van der Waals surface area contributed by atoms with Gasteiger partial charge in [-0.25, -0.2) is 8.78 Å². The van der Waals surface area contributed by atoms with Crippen LogP contribution in [0.2, 0.25) is 0 Å². The highest BCUT2D eigenvalue weighted by molar-refractivity contribution is 8.01. The van der Waals surface area contributed by atoms with Gasteiger partial charge in [0.15, 0.2) is 16.0 Å². The van der Waals surface area contributed by atoms with E-state index in [4.69, 9.17) is 5.73 Å². The van der Waals surface area contributed by atoms with Gasteiger partial charge >= 0.3 is 0 Å². The molecule has 2 N–H and O–H groups in total. The van der Waals surface area contributed by atoms with Gasteiger partial charge in [0.05, 0.1) is 0 Å². The van der Waals surface area contributed by atoms with E-state index in [1.807, 2.05) is 6.92 Å². The van der Waals surface area contributed by atoms with Crippen molar-refractivity contribution in [2.24, 2.45) is 5.73 Å². The van der Waals surface area contributed by atoms with Crippen LogP contribution in [-0.4, -0.2) is 16.0 Å². The van der Waals surface area contributed by atoms with Crippen LogP contribution in [0.4, 0.5) is 8.78 Å². The van der Waals surface area contributed by atoms with Crippen LogP contribution in [0.5, 0.6) is 0 Å². The first-order valence-corrected chi connectivity index (χ1v) is 7.00. The summed E-state index contributed by atoms with van der Waals surface area (Å²) >= 11 is 2.94. The molecule has 1 aromatic heterocycles. The van der Waals surface area contributed by atoms with Crippen molar-refractivity contribution < 1.29 is 8.78 Å². The summed E-state index contributed by atoms with van der Waals surface area (Å²) in [5.41, 5.74) is 6.49. The molecule has 1 aromatic carbocycles. The fourth-order valence-corrected chi connectivity index (χ4v) is 3.17. The lowest BCUT2D eigenvalue weighted by molar-refractivity contribution is 0.506. The minimum absolute atomic E-state index is 0.366. The Morgan fingerprint density at radius 3 is 2.72 bits per heavy atom. The predicted molar refractivity (Wildman–Crippen MR) is 68.7 cm³/mol. The molecule has 7 heteroatoms. The second-order valence-electron chi connectivity index (χ2n) is 3.68. The molecule has 1 heterocycles. The summed E-state index contributed by atoms with van der Waals surface area (Å²) in [4.78, 5) is 0. The molecule has 0 aliphatic carbocycles. The van der Waals surface area contributed by atoms with Crippen LogP contribution in [-0.2, 0) is 0 Å². The third-order valence-electron chi connectivity index (χ3n) is 2.27. The lowest BCUT2D eigenvalue weighted by Crippen LogP contribution is -2.13. The summed E-state index contributed by atoms with van der Waals surface area (Å²) < 4.78 is 26.7. The number of benzene rings is 1. The maximum Gasteiger partial charge on any atom is 0.174 e. The zero-order chi connectivity index (χ0) is 13.1. The molecule has 0 aliphatic rings. The topological polar surface area (TPSA) is 51.8 Å². The number of aryl methyl sites for hydroxylation is 1. The summed E-state index contributed by atoms with van der Waals surface area (Å²) in [7, 11) is 0. The van der Waals surface area contributed by atoms with Gasteiger partial charge in [-0.05, 0) is 24.6 Å². The zero-order valence-corrected chi connectivity index (χ0v) is 11.2. The number of hydrogen-bond donors (Lipinski definition) is 1. The van der Waals surface area contributed by atoms with Gasteiger partial charge in [0, 0.05) is 11.8 Å². The van der Waals surface area contributed by atoms with Crippen molar-refractivity contribution >= 4 is 23.1 Å². The standard InChI is InChI=1S/C11H11F2N3S2/c1-6-15-16-11(18-6)17-5-10(14)7-2-3-8(12)9(13)4-7/h2-4,10H,5,14H2,1H3. The maximum atomic E-state index is 13.0. The SMILES string of the molecule is Cc1nnc(SCC(N)c2ccc(F)c(F)c2)s1. The number of nitrogens with zero attached hydrogens (tertiary/aromatic N) is 2. The monoisotopic (exact) mass is 287 g/mol. The normalized spacial score (nSPS) is 12.7. The minimum atomic E-state index is -0.875. The van der Waals surface area contributed by atoms with Crippen LogP contribution in [0.15, 0.2) is 22.5 Å². The molecular weight excluding hydrogens is 276 g/mol. The first kappa shape index (κ1) is 13.4. The molecule has 0 bridgehead atoms. The number of thioether (sulfide) groups is 1. The number of aromatic nitrogens is 2. The molecule has 0 aliphatic heterocycles. The molecule has 0 saturated carbocycles. The summed E-state index contributed by atoms with van der Waals surface area (Å²) in [5, 5.41) is 8.73. The molecule has 18 heavy (non-hydrogen) atoms. The Morgan fingerprint density at radius 2 is 2.11 bits per heavy atom. The van der Waals surface area contributed by atoms with E-state index in [2.05, 4.69) is 10.2 Å². The van der Waals surface area contributed by atoms with E-state index in [0.717, 1.165) is 21.5 Å². The number of hydrogen-bond acceptors (Lipinski definition) is 5. The van der Waals surface area contributed by atoms with Crippen molar-refractivity contribution in [2.45, 2.75) is 17.3 Å². The summed E-state index contributed by atoms with van der Waals surface area (Å²) in [5.74, 6) is -1.20. The van der Waals surface area contributed by atoms with Gasteiger partial charge in [-0.3, -0.25) is 0 Å². The van der Waals surface area contributed by atoms with Crippen LogP contribution < -0.4 is 5.73 Å². The molecule has 0 radical (unpaired) electrons. The molecule has 3 nitrogen and oxygen atoms in total. The van der Waals surface area contributed by atoms with Crippen LogP contribution >= 0.6 is 23.1 Å². The second kappa shape index (κ2) is 5.73. The fraction of sp³-hybridized carbons (Fsp3) is 0.273. The van der Waals surface area contributed by atoms with Crippen molar-refractivity contribution in [1.82, 2.24) is 10.2 Å². The van der Waals surface area contributed by atoms with Crippen LogP contribution in [0, 0.1) is 18.6 Å². The highest BCUT2D eigenvalue weighted by atomic mass is 32.2. The van der Waals surface area contributed by atoms with Crippen LogP contribution in [0.1, 0.15) is 16.6 Å². The van der Waals surface area contributed by atoms with E-state index in [9.17, 15) is 8.78 Å². The van der Waals surface area contributed by atoms with Gasteiger partial charge in [0.1, 0.15) is 5.01 Å². The Labute approximate surface area is 111 Å². The first-order valence-electron chi connectivity index (χ1n) is 5.19. The van der Waals surface area contributed by atoms with E-state index in [0.29, 0.717) is 11.3 Å². The van der Waals surface area contributed by atoms with E-state index < -0.39 is 11.6 Å². The van der Waals surface area contributed by atoms with Crippen LogP contribution in [0.3, 0.4) is 0 Å². The third kappa shape index (κ3) is 3.24. The van der Waals surface area contributed by atoms with E-state index in [1.165, 1.54) is 29.2 Å². The van der Waals surface area contributed by atoms with Crippen molar-refractivity contribution in [3.63, 3.8) is 0 Å². The Bertz CT molecular complexity index is 545.